The van der Waals surface area contributed by atoms with Crippen LogP contribution in [0.3, 0.4) is 0 Å². The van der Waals surface area contributed by atoms with Gasteiger partial charge in [0.2, 0.25) is 0 Å². The van der Waals surface area contributed by atoms with Crippen LogP contribution >= 0.6 is 0 Å². The molecule has 0 aliphatic carbocycles. The fraction of sp³-hybridized carbons (Fsp3) is 0.133. The second-order valence-corrected chi connectivity index (χ2v) is 4.23. The van der Waals surface area contributed by atoms with Crippen LogP contribution in [0.4, 0.5) is 5.69 Å². The predicted octanol–water partition coefficient (Wildman–Crippen LogP) is 2.76. The second-order valence-electron chi connectivity index (χ2n) is 4.23. The molecule has 1 atom stereocenters. The van der Waals surface area contributed by atoms with Gasteiger partial charge in [-0.2, -0.15) is 0 Å². The Balaban J connectivity index is 2.06. The lowest BCUT2D eigenvalue weighted by atomic mass is 10.1. The number of hydrogen-bond donors (Lipinski definition) is 2. The van der Waals surface area contributed by atoms with E-state index in [1.807, 2.05) is 37.3 Å². The van der Waals surface area contributed by atoms with Gasteiger partial charge in [0.25, 0.3) is 5.91 Å². The van der Waals surface area contributed by atoms with Crippen molar-refractivity contribution in [3.8, 4) is 0 Å². The van der Waals surface area contributed by atoms with Crippen molar-refractivity contribution in [3.05, 3.63) is 65.7 Å². The van der Waals surface area contributed by atoms with Gasteiger partial charge in [-0.25, -0.2) is 0 Å². The van der Waals surface area contributed by atoms with Gasteiger partial charge >= 0.3 is 0 Å². The van der Waals surface area contributed by atoms with Gasteiger partial charge in [-0.05, 0) is 36.8 Å². The predicted molar refractivity (Wildman–Crippen MR) is 73.2 cm³/mol. The lowest BCUT2D eigenvalue weighted by molar-refractivity contribution is 0.0940. The maximum Gasteiger partial charge on any atom is 0.251 e. The maximum absolute atomic E-state index is 12.0. The Morgan fingerprint density at radius 3 is 2.28 bits per heavy atom. The standard InChI is InChI=1S/C15H16N2O/c1-11(12-5-3-2-4-6-12)17-15(18)13-7-9-14(16)10-8-13/h2-11H,16H2,1H3,(H,17,18)/t11-/m1/s1. The Morgan fingerprint density at radius 2 is 1.67 bits per heavy atom. The zero-order valence-corrected chi connectivity index (χ0v) is 10.3. The third-order valence-electron chi connectivity index (χ3n) is 2.82. The Kier molecular flexibility index (Phi) is 3.63. The van der Waals surface area contributed by atoms with Crippen LogP contribution in [0.25, 0.3) is 0 Å². The average Bonchev–Trinajstić information content (AvgIpc) is 2.40. The van der Waals surface area contributed by atoms with E-state index in [1.54, 1.807) is 24.3 Å². The summed E-state index contributed by atoms with van der Waals surface area (Å²) in [4.78, 5) is 12.0. The molecule has 0 spiro atoms. The summed E-state index contributed by atoms with van der Waals surface area (Å²) in [5.74, 6) is -0.0913. The average molecular weight is 240 g/mol. The van der Waals surface area contributed by atoms with E-state index < -0.39 is 0 Å². The summed E-state index contributed by atoms with van der Waals surface area (Å²) in [6.07, 6.45) is 0. The minimum Gasteiger partial charge on any atom is -0.399 e. The van der Waals surface area contributed by atoms with Crippen LogP contribution in [-0.4, -0.2) is 5.91 Å². The fourth-order valence-electron chi connectivity index (χ4n) is 1.74. The molecule has 0 fully saturated rings. The molecule has 0 heterocycles. The number of nitrogens with one attached hydrogen (secondary N) is 1. The first-order valence-electron chi connectivity index (χ1n) is 5.88. The van der Waals surface area contributed by atoms with Crippen molar-refractivity contribution in [3.63, 3.8) is 0 Å². The molecule has 0 bridgehead atoms. The van der Waals surface area contributed by atoms with Gasteiger partial charge in [-0.3, -0.25) is 4.79 Å². The number of benzene rings is 2. The molecule has 1 amide bonds. The summed E-state index contributed by atoms with van der Waals surface area (Å²) in [5, 5.41) is 2.95. The number of carbonyl (C=O) groups excluding carboxylic acids is 1. The molecule has 2 aromatic rings. The second kappa shape index (κ2) is 5.36. The van der Waals surface area contributed by atoms with Crippen molar-refractivity contribution in [1.82, 2.24) is 5.32 Å². The number of hydrogen-bond acceptors (Lipinski definition) is 2. The van der Waals surface area contributed by atoms with E-state index in [0.717, 1.165) is 5.56 Å². The molecule has 0 unspecified atom stereocenters. The van der Waals surface area contributed by atoms with Crippen LogP contribution < -0.4 is 11.1 Å². The van der Waals surface area contributed by atoms with Crippen molar-refractivity contribution >= 4 is 11.6 Å². The van der Waals surface area contributed by atoms with Gasteiger partial charge in [-0.1, -0.05) is 30.3 Å². The highest BCUT2D eigenvalue weighted by molar-refractivity contribution is 5.94. The number of nitrogens with two attached hydrogens (primary N) is 1. The first kappa shape index (κ1) is 12.2. The van der Waals surface area contributed by atoms with Crippen LogP contribution in [0.2, 0.25) is 0 Å². The Morgan fingerprint density at radius 1 is 1.06 bits per heavy atom. The zero-order chi connectivity index (χ0) is 13.0. The number of carbonyl (C=O) groups is 1. The van der Waals surface area contributed by atoms with Crippen LogP contribution in [0.5, 0.6) is 0 Å². The Hall–Kier alpha value is -2.29. The molecule has 3 nitrogen and oxygen atoms in total. The molecule has 2 rings (SSSR count). The molecule has 0 aromatic heterocycles. The minimum atomic E-state index is -0.0913. The number of rotatable bonds is 3. The molecule has 0 aliphatic heterocycles. The van der Waals surface area contributed by atoms with Crippen LogP contribution in [0.1, 0.15) is 28.9 Å². The topological polar surface area (TPSA) is 55.1 Å². The van der Waals surface area contributed by atoms with Crippen molar-refractivity contribution in [1.29, 1.82) is 0 Å². The Labute approximate surface area is 107 Å². The first-order chi connectivity index (χ1) is 8.66. The molecule has 2 aromatic carbocycles. The van der Waals surface area contributed by atoms with Crippen molar-refractivity contribution in [2.24, 2.45) is 0 Å². The van der Waals surface area contributed by atoms with Gasteiger partial charge in [0.1, 0.15) is 0 Å². The molecular formula is C15H16N2O. The van der Waals surface area contributed by atoms with Crippen molar-refractivity contribution in [2.45, 2.75) is 13.0 Å². The normalized spacial score (nSPS) is 11.8. The van der Waals surface area contributed by atoms with Gasteiger partial charge in [0.05, 0.1) is 6.04 Å². The molecular weight excluding hydrogens is 224 g/mol. The Bertz CT molecular complexity index is 520. The van der Waals surface area contributed by atoms with Gasteiger partial charge in [0, 0.05) is 11.3 Å². The first-order valence-corrected chi connectivity index (χ1v) is 5.88. The lowest BCUT2D eigenvalue weighted by Gasteiger charge is -2.14. The van der Waals surface area contributed by atoms with Gasteiger partial charge in [0.15, 0.2) is 0 Å². The van der Waals surface area contributed by atoms with Gasteiger partial charge < -0.3 is 11.1 Å². The number of nitrogen functional groups attached to an aromatic ring is 1. The molecule has 18 heavy (non-hydrogen) atoms. The number of anilines is 1. The summed E-state index contributed by atoms with van der Waals surface area (Å²) in [7, 11) is 0. The summed E-state index contributed by atoms with van der Waals surface area (Å²) in [6, 6.07) is 16.7. The van der Waals surface area contributed by atoms with E-state index in [1.165, 1.54) is 0 Å². The van der Waals surface area contributed by atoms with E-state index in [9.17, 15) is 4.79 Å². The molecule has 92 valence electrons. The van der Waals surface area contributed by atoms with Crippen LogP contribution in [0, 0.1) is 0 Å². The van der Waals surface area contributed by atoms with Gasteiger partial charge in [-0.15, -0.1) is 0 Å². The quantitative estimate of drug-likeness (QED) is 0.810. The molecule has 0 aliphatic rings. The summed E-state index contributed by atoms with van der Waals surface area (Å²) >= 11 is 0. The monoisotopic (exact) mass is 240 g/mol. The van der Waals surface area contributed by atoms with E-state index in [-0.39, 0.29) is 11.9 Å². The minimum absolute atomic E-state index is 0.0174. The largest absolute Gasteiger partial charge is 0.399 e. The third kappa shape index (κ3) is 2.88. The van der Waals surface area contributed by atoms with Crippen molar-refractivity contribution < 1.29 is 4.79 Å². The van der Waals surface area contributed by atoms with Crippen molar-refractivity contribution in [2.75, 3.05) is 5.73 Å². The summed E-state index contributed by atoms with van der Waals surface area (Å²) in [6.45, 7) is 1.96. The van der Waals surface area contributed by atoms with E-state index >= 15 is 0 Å². The highest BCUT2D eigenvalue weighted by atomic mass is 16.1. The highest BCUT2D eigenvalue weighted by Crippen LogP contribution is 2.13. The molecule has 0 saturated heterocycles. The molecule has 3 heteroatoms. The van der Waals surface area contributed by atoms with Crippen LogP contribution in [-0.2, 0) is 0 Å². The maximum atomic E-state index is 12.0. The number of amides is 1. The smallest absolute Gasteiger partial charge is 0.251 e. The zero-order valence-electron chi connectivity index (χ0n) is 10.3. The summed E-state index contributed by atoms with van der Waals surface area (Å²) < 4.78 is 0. The fourth-order valence-corrected chi connectivity index (χ4v) is 1.74. The van der Waals surface area contributed by atoms with Crippen LogP contribution in [0.15, 0.2) is 54.6 Å². The van der Waals surface area contributed by atoms with E-state index in [2.05, 4.69) is 5.32 Å². The van der Waals surface area contributed by atoms with E-state index in [4.69, 9.17) is 5.73 Å². The molecule has 3 N–H and O–H groups in total. The van der Waals surface area contributed by atoms with E-state index in [0.29, 0.717) is 11.3 Å². The molecule has 0 saturated carbocycles. The SMILES string of the molecule is C[C@@H](NC(=O)c1ccc(N)cc1)c1ccccc1. The summed E-state index contributed by atoms with van der Waals surface area (Å²) in [5.41, 5.74) is 7.94. The molecule has 0 radical (unpaired) electrons. The third-order valence-corrected chi connectivity index (χ3v) is 2.82. The highest BCUT2D eigenvalue weighted by Gasteiger charge is 2.10. The lowest BCUT2D eigenvalue weighted by Crippen LogP contribution is -2.26.